The standard InChI is InChI=1S/C44H56N8O6/c1-26(2)35(49-41(45)57-7)37(53)52-22-10-20-44(52,6)40(55)47-33-18-17-31-23-30(15-16-32(31)24-33)28-11-13-29(14-12-28)34-25-46-39(48-34)43(5)19-9-21-51(43)38(54)36(27(3)4)50-42(56)58-8/h11-18,23-27,35-36H,9-10,19-22H2,1-8H3,(H2,45,49)(H,46,48)(H,47,55)(H,50,56)/t35-,36-,43-,44-/m0/s1. The molecule has 0 bridgehead atoms. The first kappa shape index (κ1) is 41.7. The zero-order valence-corrected chi connectivity index (χ0v) is 34.7. The summed E-state index contributed by atoms with van der Waals surface area (Å²) in [6.07, 6.45) is 3.96. The van der Waals surface area contributed by atoms with Crippen LogP contribution in [0.2, 0.25) is 0 Å². The monoisotopic (exact) mass is 792 g/mol. The molecule has 14 nitrogen and oxygen atoms in total. The van der Waals surface area contributed by atoms with Gasteiger partial charge in [-0.1, -0.05) is 70.2 Å². The molecule has 14 heteroatoms. The normalized spacial score (nSPS) is 20.7. The number of amides is 4. The third-order valence-electron chi connectivity index (χ3n) is 11.8. The number of fused-ring (bicyclic) bond motifs is 1. The number of aromatic amines is 1. The second-order valence-corrected chi connectivity index (χ2v) is 16.4. The zero-order valence-electron chi connectivity index (χ0n) is 34.7. The molecule has 2 saturated heterocycles. The maximum Gasteiger partial charge on any atom is 0.407 e. The van der Waals surface area contributed by atoms with Gasteiger partial charge >= 0.3 is 6.09 Å². The number of rotatable bonds is 11. The van der Waals surface area contributed by atoms with Crippen molar-refractivity contribution in [1.29, 1.82) is 0 Å². The molecule has 0 unspecified atom stereocenters. The van der Waals surface area contributed by atoms with Crippen molar-refractivity contribution in [1.82, 2.24) is 25.1 Å². The van der Waals surface area contributed by atoms with Crippen molar-refractivity contribution in [2.45, 2.75) is 90.4 Å². The van der Waals surface area contributed by atoms with Gasteiger partial charge in [0.05, 0.1) is 31.6 Å². The molecule has 1 aromatic heterocycles. The summed E-state index contributed by atoms with van der Waals surface area (Å²) < 4.78 is 9.79. The fraction of sp³-hybridized carbons (Fsp3) is 0.455. The molecule has 2 aliphatic heterocycles. The second-order valence-electron chi connectivity index (χ2n) is 16.4. The Labute approximate surface area is 339 Å². The average Bonchev–Trinajstić information content (AvgIpc) is 3.97. The van der Waals surface area contributed by atoms with E-state index < -0.39 is 29.3 Å². The number of carbonyl (C=O) groups is 4. The van der Waals surface area contributed by atoms with Gasteiger partial charge in [-0.2, -0.15) is 0 Å². The van der Waals surface area contributed by atoms with Gasteiger partial charge in [0, 0.05) is 18.8 Å². The Morgan fingerprint density at radius 1 is 0.810 bits per heavy atom. The molecule has 3 heterocycles. The molecule has 4 amide bonds. The minimum Gasteiger partial charge on any atom is -0.469 e. The lowest BCUT2D eigenvalue weighted by atomic mass is 9.95. The fourth-order valence-corrected chi connectivity index (χ4v) is 8.17. The first-order chi connectivity index (χ1) is 27.6. The van der Waals surface area contributed by atoms with Crippen molar-refractivity contribution < 1.29 is 28.7 Å². The molecule has 2 fully saturated rings. The molecular weight excluding hydrogens is 737 g/mol. The van der Waals surface area contributed by atoms with Gasteiger partial charge < -0.3 is 40.6 Å². The Balaban J connectivity index is 1.14. The fourth-order valence-electron chi connectivity index (χ4n) is 8.17. The van der Waals surface area contributed by atoms with Crippen molar-refractivity contribution in [3.05, 3.63) is 72.7 Å². The summed E-state index contributed by atoms with van der Waals surface area (Å²) in [6.45, 7) is 12.4. The van der Waals surface area contributed by atoms with Crippen LogP contribution in [0.4, 0.5) is 10.5 Å². The predicted octanol–water partition coefficient (Wildman–Crippen LogP) is 6.42. The Bertz CT molecular complexity index is 2200. The smallest absolute Gasteiger partial charge is 0.407 e. The SMILES string of the molecule is COC(=O)N[C@H](C(=O)N1CCC[C@@]1(C)c1ncc(-c2ccc(-c3ccc4cc(NC(=O)[C@]5(C)CCCN5C(=O)[C@@H](N=C(N)OC)C(C)C)ccc4c3)cc2)[nH]1)C(C)C. The van der Waals surface area contributed by atoms with Gasteiger partial charge in [-0.3, -0.25) is 14.4 Å². The number of alkyl carbamates (subject to hydrolysis) is 1. The number of ether oxygens (including phenoxy) is 2. The number of hydrogen-bond acceptors (Lipinski definition) is 8. The lowest BCUT2D eigenvalue weighted by Crippen LogP contribution is -2.56. The summed E-state index contributed by atoms with van der Waals surface area (Å²) in [4.78, 5) is 69.3. The summed E-state index contributed by atoms with van der Waals surface area (Å²) >= 11 is 0. The summed E-state index contributed by atoms with van der Waals surface area (Å²) in [5.74, 6) is -0.218. The number of nitrogens with one attached hydrogen (secondary N) is 3. The highest BCUT2D eigenvalue weighted by molar-refractivity contribution is 6.03. The molecule has 0 saturated carbocycles. The summed E-state index contributed by atoms with van der Waals surface area (Å²) in [7, 11) is 2.70. The van der Waals surface area contributed by atoms with E-state index in [1.165, 1.54) is 14.2 Å². The highest BCUT2D eigenvalue weighted by Crippen LogP contribution is 2.39. The molecule has 2 aliphatic rings. The van der Waals surface area contributed by atoms with Crippen LogP contribution in [0.1, 0.15) is 73.1 Å². The van der Waals surface area contributed by atoms with Crippen LogP contribution in [0.15, 0.2) is 71.9 Å². The lowest BCUT2D eigenvalue weighted by Gasteiger charge is -2.37. The predicted molar refractivity (Wildman–Crippen MR) is 225 cm³/mol. The topological polar surface area (TPSA) is 184 Å². The number of aromatic nitrogens is 2. The van der Waals surface area contributed by atoms with E-state index in [1.54, 1.807) is 18.0 Å². The third-order valence-corrected chi connectivity index (χ3v) is 11.8. The number of nitrogens with zero attached hydrogens (tertiary/aromatic N) is 4. The van der Waals surface area contributed by atoms with Crippen molar-refractivity contribution >= 4 is 46.3 Å². The number of likely N-dealkylation sites (tertiary alicyclic amines) is 2. The van der Waals surface area contributed by atoms with Crippen molar-refractivity contribution in [2.75, 3.05) is 32.6 Å². The highest BCUT2D eigenvalue weighted by atomic mass is 16.5. The van der Waals surface area contributed by atoms with E-state index >= 15 is 0 Å². The number of carbonyl (C=O) groups excluding carboxylic acids is 4. The van der Waals surface area contributed by atoms with Gasteiger partial charge in [-0.25, -0.2) is 14.8 Å². The Kier molecular flexibility index (Phi) is 12.1. The number of benzene rings is 3. The van der Waals surface area contributed by atoms with Gasteiger partial charge in [-0.05, 0) is 97.0 Å². The number of imidazole rings is 1. The van der Waals surface area contributed by atoms with Crippen LogP contribution in [-0.2, 0) is 29.4 Å². The van der Waals surface area contributed by atoms with E-state index in [1.807, 2.05) is 75.9 Å². The van der Waals surface area contributed by atoms with Gasteiger partial charge in [0.15, 0.2) is 0 Å². The number of anilines is 1. The lowest BCUT2D eigenvalue weighted by molar-refractivity contribution is -0.143. The molecule has 6 rings (SSSR count). The maximum atomic E-state index is 13.8. The van der Waals surface area contributed by atoms with E-state index in [0.29, 0.717) is 37.4 Å². The number of nitrogens with two attached hydrogens (primary N) is 1. The molecule has 3 aromatic carbocycles. The van der Waals surface area contributed by atoms with Gasteiger partial charge in [-0.15, -0.1) is 0 Å². The molecule has 4 aromatic rings. The molecular formula is C44H56N8O6. The molecule has 0 radical (unpaired) electrons. The quantitative estimate of drug-likeness (QED) is 0.0991. The summed E-state index contributed by atoms with van der Waals surface area (Å²) in [6, 6.07) is 18.7. The van der Waals surface area contributed by atoms with Crippen LogP contribution in [0, 0.1) is 11.8 Å². The van der Waals surface area contributed by atoms with Crippen LogP contribution in [0.25, 0.3) is 33.2 Å². The first-order valence-electron chi connectivity index (χ1n) is 20.0. The first-order valence-corrected chi connectivity index (χ1v) is 20.0. The number of hydrogen-bond donors (Lipinski definition) is 4. The highest BCUT2D eigenvalue weighted by Gasteiger charge is 2.48. The molecule has 58 heavy (non-hydrogen) atoms. The maximum absolute atomic E-state index is 13.8. The van der Waals surface area contributed by atoms with E-state index in [0.717, 1.165) is 46.0 Å². The number of H-pyrrole nitrogens is 1. The Morgan fingerprint density at radius 3 is 2.12 bits per heavy atom. The van der Waals surface area contributed by atoms with E-state index in [2.05, 4.69) is 44.9 Å². The second kappa shape index (κ2) is 16.9. The summed E-state index contributed by atoms with van der Waals surface area (Å²) in [5.41, 5.74) is 8.62. The molecule has 4 atom stereocenters. The zero-order chi connectivity index (χ0) is 41.9. The van der Waals surface area contributed by atoms with Crippen LogP contribution >= 0.6 is 0 Å². The average molecular weight is 793 g/mol. The van der Waals surface area contributed by atoms with E-state index in [4.69, 9.17) is 20.2 Å². The molecule has 0 spiro atoms. The van der Waals surface area contributed by atoms with Crippen LogP contribution in [0.3, 0.4) is 0 Å². The van der Waals surface area contributed by atoms with Gasteiger partial charge in [0.1, 0.15) is 23.4 Å². The van der Waals surface area contributed by atoms with Crippen molar-refractivity contribution in [3.63, 3.8) is 0 Å². The van der Waals surface area contributed by atoms with Crippen LogP contribution in [0.5, 0.6) is 0 Å². The minimum absolute atomic E-state index is 0.0662. The van der Waals surface area contributed by atoms with Crippen molar-refractivity contribution in [3.8, 4) is 22.4 Å². The van der Waals surface area contributed by atoms with Gasteiger partial charge in [0.2, 0.25) is 17.7 Å². The Morgan fingerprint density at radius 2 is 1.45 bits per heavy atom. The van der Waals surface area contributed by atoms with E-state index in [-0.39, 0.29) is 35.6 Å². The largest absolute Gasteiger partial charge is 0.469 e. The van der Waals surface area contributed by atoms with Crippen molar-refractivity contribution in [2.24, 2.45) is 22.6 Å². The number of amidine groups is 1. The Hall–Kier alpha value is -5.92. The van der Waals surface area contributed by atoms with Crippen LogP contribution in [-0.4, -0.2) is 94.5 Å². The van der Waals surface area contributed by atoms with Gasteiger partial charge in [0.25, 0.3) is 6.02 Å². The molecule has 5 N–H and O–H groups in total. The van der Waals surface area contributed by atoms with Crippen LogP contribution < -0.4 is 16.4 Å². The minimum atomic E-state index is -1.04. The molecule has 0 aliphatic carbocycles. The number of methoxy groups -OCH3 is 2. The van der Waals surface area contributed by atoms with E-state index in [9.17, 15) is 19.2 Å². The molecule has 308 valence electrons. The number of aliphatic imine (C=N–C) groups is 1. The third kappa shape index (κ3) is 8.23. The summed E-state index contributed by atoms with van der Waals surface area (Å²) in [5, 5.41) is 7.76.